The van der Waals surface area contributed by atoms with E-state index in [2.05, 4.69) is 40.6 Å². The van der Waals surface area contributed by atoms with E-state index in [0.717, 1.165) is 28.5 Å². The van der Waals surface area contributed by atoms with Crippen molar-refractivity contribution in [1.29, 1.82) is 0 Å². The van der Waals surface area contributed by atoms with Gasteiger partial charge in [-0.3, -0.25) is 0 Å². The second-order valence-corrected chi connectivity index (χ2v) is 8.60. The number of nitrogens with zero attached hydrogens (tertiary/aromatic N) is 1. The first-order valence-corrected chi connectivity index (χ1v) is 9.73. The van der Waals surface area contributed by atoms with E-state index in [1.54, 1.807) is 14.2 Å². The smallest absolute Gasteiger partial charge is 0.161 e. The number of methoxy groups -OCH3 is 2. The van der Waals surface area contributed by atoms with Crippen LogP contribution in [0.4, 0.5) is 0 Å². The van der Waals surface area contributed by atoms with E-state index in [9.17, 15) is 10.2 Å². The SMILES string of the molecule is COC1=CC2[C@@H]3Cc4c(I)cc(OC)c(O)c4[C@]2(CCN3C)C[C@@H]1O. The lowest BCUT2D eigenvalue weighted by Crippen LogP contribution is -2.60. The molecule has 6 heteroatoms. The average molecular weight is 457 g/mol. The fourth-order valence-corrected chi connectivity index (χ4v) is 6.00. The summed E-state index contributed by atoms with van der Waals surface area (Å²) >= 11 is 2.34. The van der Waals surface area contributed by atoms with E-state index < -0.39 is 6.10 Å². The minimum Gasteiger partial charge on any atom is -0.504 e. The highest BCUT2D eigenvalue weighted by Gasteiger charge is 2.56. The summed E-state index contributed by atoms with van der Waals surface area (Å²) in [7, 11) is 5.37. The van der Waals surface area contributed by atoms with Crippen LogP contribution >= 0.6 is 22.6 Å². The Morgan fingerprint density at radius 2 is 2.08 bits per heavy atom. The van der Waals surface area contributed by atoms with Crippen LogP contribution < -0.4 is 4.74 Å². The van der Waals surface area contributed by atoms with Gasteiger partial charge in [0.1, 0.15) is 11.9 Å². The number of benzene rings is 1. The molecule has 2 aliphatic carbocycles. The maximum atomic E-state index is 11.0. The molecule has 2 bridgehead atoms. The van der Waals surface area contributed by atoms with Crippen molar-refractivity contribution in [2.24, 2.45) is 5.92 Å². The molecule has 1 aromatic carbocycles. The standard InChI is InChI=1S/C19H24INO4/c1-21-5-4-19-9-14(22)15(24-2)7-11(19)13(21)6-10-12(20)8-16(25-3)18(23)17(10)19/h7-8,11,13-14,22-23H,4-6,9H2,1-3H3/t11?,13-,14-,19+/m0/s1. The zero-order chi connectivity index (χ0) is 17.9. The van der Waals surface area contributed by atoms with Gasteiger partial charge in [0.15, 0.2) is 11.5 Å². The Morgan fingerprint density at radius 3 is 2.76 bits per heavy atom. The van der Waals surface area contributed by atoms with Crippen molar-refractivity contribution in [3.63, 3.8) is 0 Å². The maximum Gasteiger partial charge on any atom is 0.161 e. The summed E-state index contributed by atoms with van der Waals surface area (Å²) in [5.41, 5.74) is 1.91. The number of halogens is 1. The van der Waals surface area contributed by atoms with Crippen LogP contribution in [0.15, 0.2) is 17.9 Å². The van der Waals surface area contributed by atoms with Gasteiger partial charge in [0.25, 0.3) is 0 Å². The van der Waals surface area contributed by atoms with Gasteiger partial charge in [-0.15, -0.1) is 0 Å². The molecule has 4 rings (SSSR count). The Balaban J connectivity index is 1.99. The Hall–Kier alpha value is -0.990. The van der Waals surface area contributed by atoms with E-state index in [-0.39, 0.29) is 17.1 Å². The van der Waals surface area contributed by atoms with E-state index >= 15 is 0 Å². The zero-order valence-corrected chi connectivity index (χ0v) is 16.9. The number of rotatable bonds is 2. The first-order valence-electron chi connectivity index (χ1n) is 8.65. The molecule has 1 aliphatic heterocycles. The highest BCUT2D eigenvalue weighted by atomic mass is 127. The quantitative estimate of drug-likeness (QED) is 0.669. The Labute approximate surface area is 161 Å². The third-order valence-electron chi connectivity index (χ3n) is 6.44. The predicted molar refractivity (Wildman–Crippen MR) is 103 cm³/mol. The van der Waals surface area contributed by atoms with Crippen molar-refractivity contribution in [2.45, 2.75) is 36.8 Å². The van der Waals surface area contributed by atoms with E-state index in [4.69, 9.17) is 9.47 Å². The number of fused-ring (bicyclic) bond motifs is 1. The van der Waals surface area contributed by atoms with Crippen molar-refractivity contribution in [2.75, 3.05) is 27.8 Å². The lowest BCUT2D eigenvalue weighted by atomic mass is 9.53. The Kier molecular flexibility index (Phi) is 4.20. The molecule has 0 amide bonds. The van der Waals surface area contributed by atoms with Gasteiger partial charge in [0, 0.05) is 26.5 Å². The molecular weight excluding hydrogens is 433 g/mol. The third-order valence-corrected chi connectivity index (χ3v) is 7.41. The minimum atomic E-state index is -0.639. The van der Waals surface area contributed by atoms with Crippen LogP contribution in [0, 0.1) is 9.49 Å². The lowest BCUT2D eigenvalue weighted by Gasteiger charge is -2.57. The van der Waals surface area contributed by atoms with Gasteiger partial charge in [-0.2, -0.15) is 0 Å². The number of piperidine rings is 1. The van der Waals surface area contributed by atoms with E-state index in [1.807, 2.05) is 6.07 Å². The summed E-state index contributed by atoms with van der Waals surface area (Å²) in [6.07, 6.45) is 3.82. The number of aliphatic hydroxyl groups excluding tert-OH is 1. The molecule has 0 radical (unpaired) electrons. The Morgan fingerprint density at radius 1 is 1.32 bits per heavy atom. The molecule has 1 saturated heterocycles. The summed E-state index contributed by atoms with van der Waals surface area (Å²) in [6.45, 7) is 0.955. The van der Waals surface area contributed by atoms with Gasteiger partial charge in [0.2, 0.25) is 0 Å². The van der Waals surface area contributed by atoms with Crippen molar-refractivity contribution >= 4 is 22.6 Å². The van der Waals surface area contributed by atoms with Crippen LogP contribution in [0.3, 0.4) is 0 Å². The van der Waals surface area contributed by atoms with Crippen LogP contribution in [0.2, 0.25) is 0 Å². The van der Waals surface area contributed by atoms with Crippen LogP contribution in [0.25, 0.3) is 0 Å². The molecule has 0 saturated carbocycles. The number of hydrogen-bond donors (Lipinski definition) is 2. The minimum absolute atomic E-state index is 0.214. The molecule has 1 unspecified atom stereocenters. The molecule has 0 spiro atoms. The first-order chi connectivity index (χ1) is 11.9. The fraction of sp³-hybridized carbons (Fsp3) is 0.579. The molecule has 5 nitrogen and oxygen atoms in total. The number of likely N-dealkylation sites (tertiary alicyclic amines) is 1. The monoisotopic (exact) mass is 457 g/mol. The molecule has 4 atom stereocenters. The molecule has 1 fully saturated rings. The summed E-state index contributed by atoms with van der Waals surface area (Å²) in [5.74, 6) is 1.63. The fourth-order valence-electron chi connectivity index (χ4n) is 5.23. The summed E-state index contributed by atoms with van der Waals surface area (Å²) in [5, 5.41) is 21.7. The van der Waals surface area contributed by atoms with Crippen LogP contribution in [0.1, 0.15) is 24.0 Å². The van der Waals surface area contributed by atoms with Crippen molar-refractivity contribution in [1.82, 2.24) is 4.90 Å². The van der Waals surface area contributed by atoms with E-state index in [0.29, 0.717) is 24.0 Å². The van der Waals surface area contributed by atoms with E-state index in [1.165, 1.54) is 5.56 Å². The Bertz CT molecular complexity index is 749. The molecule has 1 aromatic rings. The first kappa shape index (κ1) is 17.4. The zero-order valence-electron chi connectivity index (χ0n) is 14.8. The molecule has 2 N–H and O–H groups in total. The number of phenols is 1. The average Bonchev–Trinajstić information content (AvgIpc) is 2.59. The molecule has 1 heterocycles. The van der Waals surface area contributed by atoms with Crippen molar-refractivity contribution < 1.29 is 19.7 Å². The molecule has 3 aliphatic rings. The predicted octanol–water partition coefficient (Wildman–Crippen LogP) is 2.41. The molecule has 136 valence electrons. The van der Waals surface area contributed by atoms with Crippen molar-refractivity contribution in [3.05, 3.63) is 32.6 Å². The van der Waals surface area contributed by atoms with Gasteiger partial charge in [-0.05, 0) is 73.2 Å². The van der Waals surface area contributed by atoms with Crippen LogP contribution in [0.5, 0.6) is 11.5 Å². The number of phenolic OH excluding ortho intramolecular Hbond substituents is 1. The van der Waals surface area contributed by atoms with Gasteiger partial charge >= 0.3 is 0 Å². The molecular formula is C19H24INO4. The highest BCUT2D eigenvalue weighted by molar-refractivity contribution is 14.1. The number of aliphatic hydroxyl groups is 1. The van der Waals surface area contributed by atoms with Gasteiger partial charge in [-0.25, -0.2) is 0 Å². The molecule has 25 heavy (non-hydrogen) atoms. The lowest BCUT2D eigenvalue weighted by molar-refractivity contribution is -0.00397. The number of ether oxygens (including phenoxy) is 2. The maximum absolute atomic E-state index is 11.0. The van der Waals surface area contributed by atoms with Gasteiger partial charge in [-0.1, -0.05) is 0 Å². The van der Waals surface area contributed by atoms with Gasteiger partial charge in [0.05, 0.1) is 14.2 Å². The van der Waals surface area contributed by atoms with Crippen LogP contribution in [-0.2, 0) is 16.6 Å². The highest BCUT2D eigenvalue weighted by Crippen LogP contribution is 2.59. The van der Waals surface area contributed by atoms with Crippen molar-refractivity contribution in [3.8, 4) is 11.5 Å². The summed E-state index contributed by atoms with van der Waals surface area (Å²) in [4.78, 5) is 2.41. The van der Waals surface area contributed by atoms with Crippen LogP contribution in [-0.4, -0.2) is 55.1 Å². The topological polar surface area (TPSA) is 62.2 Å². The largest absolute Gasteiger partial charge is 0.504 e. The summed E-state index contributed by atoms with van der Waals surface area (Å²) < 4.78 is 12.0. The third kappa shape index (κ3) is 2.33. The second-order valence-electron chi connectivity index (χ2n) is 7.44. The molecule has 0 aromatic heterocycles. The number of likely N-dealkylation sites (N-methyl/N-ethyl adjacent to an activating group) is 1. The van der Waals surface area contributed by atoms with Gasteiger partial charge < -0.3 is 24.6 Å². The summed E-state index contributed by atoms with van der Waals surface area (Å²) in [6, 6.07) is 2.26. The second kappa shape index (κ2) is 6.03. The number of hydrogen-bond acceptors (Lipinski definition) is 5. The normalized spacial score (nSPS) is 34.0. The number of aromatic hydroxyl groups is 1.